The molecule has 0 amide bonds. The van der Waals surface area contributed by atoms with Crippen molar-refractivity contribution in [2.24, 2.45) is 0 Å². The van der Waals surface area contributed by atoms with Crippen LogP contribution in [0.3, 0.4) is 0 Å². The molecule has 0 unspecified atom stereocenters. The quantitative estimate of drug-likeness (QED) is 0.614. The van der Waals surface area contributed by atoms with Gasteiger partial charge < -0.3 is 13.9 Å². The summed E-state index contributed by atoms with van der Waals surface area (Å²) in [6.45, 7) is 4.11. The van der Waals surface area contributed by atoms with Crippen LogP contribution in [0.5, 0.6) is 0 Å². The first-order valence-electron chi connectivity index (χ1n) is 8.34. The van der Waals surface area contributed by atoms with Gasteiger partial charge in [-0.1, -0.05) is 35.5 Å². The zero-order valence-corrected chi connectivity index (χ0v) is 14.4. The molecule has 1 atom stereocenters. The van der Waals surface area contributed by atoms with Crippen molar-refractivity contribution >= 4 is 6.08 Å². The summed E-state index contributed by atoms with van der Waals surface area (Å²) >= 11 is 0. The number of aryl methyl sites for hydroxylation is 1. The predicted molar refractivity (Wildman–Crippen MR) is 97.5 cm³/mol. The Labute approximate surface area is 144 Å². The molecule has 2 rings (SSSR count). The second-order valence-electron chi connectivity index (χ2n) is 6.17. The smallest absolute Gasteiger partial charge is 0.0974 e. The summed E-state index contributed by atoms with van der Waals surface area (Å²) in [5, 5.41) is 10.2. The summed E-state index contributed by atoms with van der Waals surface area (Å²) in [7, 11) is 0. The molecule has 0 saturated heterocycles. The average Bonchev–Trinajstić information content (AvgIpc) is 3.20. The van der Waals surface area contributed by atoms with Crippen molar-refractivity contribution in [3.63, 3.8) is 0 Å². The van der Waals surface area contributed by atoms with Crippen molar-refractivity contribution in [2.75, 3.05) is 0 Å². The third-order valence-electron chi connectivity index (χ3n) is 3.81. The van der Waals surface area contributed by atoms with E-state index in [2.05, 4.69) is 19.1 Å². The van der Waals surface area contributed by atoms with Crippen molar-refractivity contribution in [2.45, 2.75) is 45.6 Å². The largest absolute Gasteiger partial charge is 0.472 e. The van der Waals surface area contributed by atoms with Gasteiger partial charge >= 0.3 is 0 Å². The molecule has 0 aliphatic rings. The maximum absolute atomic E-state index is 10.2. The van der Waals surface area contributed by atoms with Crippen LogP contribution in [0.2, 0.25) is 0 Å². The summed E-state index contributed by atoms with van der Waals surface area (Å²) < 4.78 is 10.1. The first kappa shape index (κ1) is 18.1. The van der Waals surface area contributed by atoms with Gasteiger partial charge in [0.25, 0.3) is 0 Å². The van der Waals surface area contributed by atoms with Crippen LogP contribution in [0.4, 0.5) is 0 Å². The minimum absolute atomic E-state index is 0.433. The molecule has 0 aliphatic carbocycles. The van der Waals surface area contributed by atoms with E-state index < -0.39 is 6.10 Å². The zero-order valence-electron chi connectivity index (χ0n) is 14.4. The summed E-state index contributed by atoms with van der Waals surface area (Å²) in [5.74, 6) is 0. The number of aliphatic hydroxyl groups is 1. The molecule has 2 heterocycles. The Morgan fingerprint density at radius 2 is 1.92 bits per heavy atom. The lowest BCUT2D eigenvalue weighted by Crippen LogP contribution is -2.03. The van der Waals surface area contributed by atoms with E-state index >= 15 is 0 Å². The Morgan fingerprint density at radius 1 is 1.12 bits per heavy atom. The highest BCUT2D eigenvalue weighted by Gasteiger charge is 2.02. The fourth-order valence-corrected chi connectivity index (χ4v) is 2.54. The predicted octanol–water partition coefficient (Wildman–Crippen LogP) is 5.55. The highest BCUT2D eigenvalue weighted by atomic mass is 16.3. The molecule has 0 bridgehead atoms. The molecule has 3 nitrogen and oxygen atoms in total. The average molecular weight is 326 g/mol. The van der Waals surface area contributed by atoms with Crippen molar-refractivity contribution in [3.8, 4) is 0 Å². The van der Waals surface area contributed by atoms with Crippen LogP contribution in [0.1, 0.15) is 44.2 Å². The second-order valence-corrected chi connectivity index (χ2v) is 6.17. The van der Waals surface area contributed by atoms with Crippen molar-refractivity contribution < 1.29 is 13.9 Å². The lowest BCUT2D eigenvalue weighted by Gasteiger charge is -2.08. The Balaban J connectivity index is 1.72. The number of allylic oxidation sites excluding steroid dienone is 3. The standard InChI is InChI=1S/C21H26O3/c1-17(5-3-7-19-9-11-23-15-19)13-21(22)14-18(2)6-4-8-20-10-12-24-16-20/h3,6-7,9-13,15-16,21-22H,4-5,8,14H2,1-2H3/t21-/m1/s1. The van der Waals surface area contributed by atoms with Crippen LogP contribution >= 0.6 is 0 Å². The minimum atomic E-state index is -0.433. The molecule has 24 heavy (non-hydrogen) atoms. The van der Waals surface area contributed by atoms with Crippen LogP contribution < -0.4 is 0 Å². The van der Waals surface area contributed by atoms with Crippen molar-refractivity contribution in [3.05, 3.63) is 77.7 Å². The fraction of sp³-hybridized carbons (Fsp3) is 0.333. The summed E-state index contributed by atoms with van der Waals surface area (Å²) in [4.78, 5) is 0. The Hall–Kier alpha value is -2.26. The van der Waals surface area contributed by atoms with E-state index in [-0.39, 0.29) is 0 Å². The number of rotatable bonds is 9. The molecule has 2 aromatic heterocycles. The maximum atomic E-state index is 10.2. The lowest BCUT2D eigenvalue weighted by molar-refractivity contribution is 0.222. The fourth-order valence-electron chi connectivity index (χ4n) is 2.54. The van der Waals surface area contributed by atoms with Gasteiger partial charge in [0, 0.05) is 5.56 Å². The lowest BCUT2D eigenvalue weighted by atomic mass is 10.0. The molecule has 0 aliphatic heterocycles. The van der Waals surface area contributed by atoms with Crippen molar-refractivity contribution in [1.29, 1.82) is 0 Å². The van der Waals surface area contributed by atoms with Crippen LogP contribution in [-0.2, 0) is 6.42 Å². The van der Waals surface area contributed by atoms with E-state index in [0.29, 0.717) is 6.42 Å². The van der Waals surface area contributed by atoms with Gasteiger partial charge in [0.15, 0.2) is 0 Å². The Kier molecular flexibility index (Phi) is 7.37. The number of aliphatic hydroxyl groups excluding tert-OH is 1. The van der Waals surface area contributed by atoms with Gasteiger partial charge in [0.05, 0.1) is 31.2 Å². The van der Waals surface area contributed by atoms with E-state index in [1.165, 1.54) is 11.1 Å². The Bertz CT molecular complexity index is 658. The highest BCUT2D eigenvalue weighted by Crippen LogP contribution is 2.13. The van der Waals surface area contributed by atoms with E-state index in [1.807, 2.05) is 31.2 Å². The van der Waals surface area contributed by atoms with Gasteiger partial charge in [-0.2, -0.15) is 0 Å². The van der Waals surface area contributed by atoms with Gasteiger partial charge in [0.1, 0.15) is 0 Å². The molecule has 0 radical (unpaired) electrons. The van der Waals surface area contributed by atoms with Gasteiger partial charge in [-0.05, 0) is 57.2 Å². The van der Waals surface area contributed by atoms with Gasteiger partial charge in [0.2, 0.25) is 0 Å². The van der Waals surface area contributed by atoms with Crippen LogP contribution in [0.15, 0.2) is 75.4 Å². The molecular weight excluding hydrogens is 300 g/mol. The van der Waals surface area contributed by atoms with E-state index in [0.717, 1.165) is 30.4 Å². The first-order chi connectivity index (χ1) is 11.6. The summed E-state index contributed by atoms with van der Waals surface area (Å²) in [6.07, 6.45) is 18.1. The van der Waals surface area contributed by atoms with Crippen LogP contribution in [0, 0.1) is 0 Å². The number of furan rings is 2. The summed E-state index contributed by atoms with van der Waals surface area (Å²) in [5.41, 5.74) is 4.64. The van der Waals surface area contributed by atoms with Gasteiger partial charge in [-0.25, -0.2) is 0 Å². The minimum Gasteiger partial charge on any atom is -0.472 e. The molecule has 0 saturated carbocycles. The monoisotopic (exact) mass is 326 g/mol. The molecule has 128 valence electrons. The molecule has 0 spiro atoms. The third kappa shape index (κ3) is 6.88. The van der Waals surface area contributed by atoms with Crippen LogP contribution in [-0.4, -0.2) is 11.2 Å². The SMILES string of the molecule is CC(=C[C@@H](O)CC(C)=CCCc1ccoc1)CC=Cc1ccoc1. The third-order valence-corrected chi connectivity index (χ3v) is 3.81. The topological polar surface area (TPSA) is 46.5 Å². The molecular formula is C21H26O3. The Morgan fingerprint density at radius 3 is 2.62 bits per heavy atom. The number of hydrogen-bond donors (Lipinski definition) is 1. The summed E-state index contributed by atoms with van der Waals surface area (Å²) in [6, 6.07) is 3.91. The molecule has 1 N–H and O–H groups in total. The molecule has 0 fully saturated rings. The zero-order chi connectivity index (χ0) is 17.2. The van der Waals surface area contributed by atoms with Gasteiger partial charge in [-0.15, -0.1) is 0 Å². The molecule has 0 aromatic carbocycles. The van der Waals surface area contributed by atoms with E-state index in [4.69, 9.17) is 8.83 Å². The first-order valence-corrected chi connectivity index (χ1v) is 8.34. The van der Waals surface area contributed by atoms with E-state index in [1.54, 1.807) is 25.1 Å². The normalized spacial score (nSPS) is 14.5. The molecule has 3 heteroatoms. The number of hydrogen-bond acceptors (Lipinski definition) is 3. The van der Waals surface area contributed by atoms with E-state index in [9.17, 15) is 5.11 Å². The maximum Gasteiger partial charge on any atom is 0.0974 e. The van der Waals surface area contributed by atoms with Crippen LogP contribution in [0.25, 0.3) is 6.08 Å². The van der Waals surface area contributed by atoms with Gasteiger partial charge in [-0.3, -0.25) is 0 Å². The van der Waals surface area contributed by atoms with Crippen molar-refractivity contribution in [1.82, 2.24) is 0 Å². The molecule has 2 aromatic rings. The highest BCUT2D eigenvalue weighted by molar-refractivity contribution is 5.47. The second kappa shape index (κ2) is 9.78.